The van der Waals surface area contributed by atoms with Crippen molar-refractivity contribution in [3.63, 3.8) is 0 Å². The van der Waals surface area contributed by atoms with Crippen molar-refractivity contribution in [3.05, 3.63) is 29.3 Å². The Morgan fingerprint density at radius 2 is 2.16 bits per heavy atom. The number of ether oxygens (including phenoxy) is 1. The molecule has 2 N–H and O–H groups in total. The molecule has 0 amide bonds. The van der Waals surface area contributed by atoms with Gasteiger partial charge in [0.1, 0.15) is 11.4 Å². The van der Waals surface area contributed by atoms with Crippen LogP contribution in [-0.2, 0) is 6.42 Å². The Balaban J connectivity index is 2.01. The van der Waals surface area contributed by atoms with Gasteiger partial charge in [-0.1, -0.05) is 18.2 Å². The Bertz CT molecular complexity index is 474. The second kappa shape index (κ2) is 4.50. The molecule has 104 valence electrons. The van der Waals surface area contributed by atoms with Crippen LogP contribution < -0.4 is 10.5 Å². The maximum absolute atomic E-state index is 6.37. The van der Waals surface area contributed by atoms with E-state index in [1.54, 1.807) is 0 Å². The Labute approximate surface area is 115 Å². The van der Waals surface area contributed by atoms with E-state index in [1.165, 1.54) is 17.5 Å². The SMILES string of the molecule is CN1CCCC(N)C1c1cccc2c1OC(C)(C)C2. The van der Waals surface area contributed by atoms with Gasteiger partial charge in [-0.05, 0) is 45.8 Å². The smallest absolute Gasteiger partial charge is 0.128 e. The summed E-state index contributed by atoms with van der Waals surface area (Å²) in [6.45, 7) is 5.42. The van der Waals surface area contributed by atoms with Crippen molar-refractivity contribution in [2.45, 2.75) is 50.8 Å². The predicted molar refractivity (Wildman–Crippen MR) is 77.4 cm³/mol. The van der Waals surface area contributed by atoms with E-state index in [4.69, 9.17) is 10.5 Å². The lowest BCUT2D eigenvalue weighted by Crippen LogP contribution is -2.44. The van der Waals surface area contributed by atoms with E-state index in [0.717, 1.165) is 25.1 Å². The number of piperidine rings is 1. The maximum atomic E-state index is 6.37. The van der Waals surface area contributed by atoms with Gasteiger partial charge in [-0.2, -0.15) is 0 Å². The third kappa shape index (κ3) is 2.26. The zero-order chi connectivity index (χ0) is 13.6. The topological polar surface area (TPSA) is 38.5 Å². The second-order valence-corrected chi connectivity index (χ2v) is 6.61. The average molecular weight is 260 g/mol. The first-order valence-electron chi connectivity index (χ1n) is 7.24. The molecule has 0 bridgehead atoms. The van der Waals surface area contributed by atoms with E-state index in [2.05, 4.69) is 44.0 Å². The summed E-state index contributed by atoms with van der Waals surface area (Å²) in [6, 6.07) is 7.01. The van der Waals surface area contributed by atoms with Crippen molar-refractivity contribution in [2.24, 2.45) is 5.73 Å². The number of benzene rings is 1. The van der Waals surface area contributed by atoms with Crippen LogP contribution >= 0.6 is 0 Å². The van der Waals surface area contributed by atoms with Crippen LogP contribution in [0.4, 0.5) is 0 Å². The van der Waals surface area contributed by atoms with Crippen molar-refractivity contribution in [2.75, 3.05) is 13.6 Å². The summed E-state index contributed by atoms with van der Waals surface area (Å²) in [5.41, 5.74) is 8.88. The lowest BCUT2D eigenvalue weighted by molar-refractivity contribution is 0.125. The standard InChI is InChI=1S/C16H24N2O/c1-16(2)10-11-6-4-7-12(15(11)19-16)14-13(17)8-5-9-18(14)3/h4,6-7,13-14H,5,8-10,17H2,1-3H3. The Morgan fingerprint density at radius 3 is 2.89 bits per heavy atom. The quantitative estimate of drug-likeness (QED) is 0.843. The zero-order valence-electron chi connectivity index (χ0n) is 12.1. The molecular weight excluding hydrogens is 236 g/mol. The maximum Gasteiger partial charge on any atom is 0.128 e. The first kappa shape index (κ1) is 12.9. The highest BCUT2D eigenvalue weighted by atomic mass is 16.5. The number of likely N-dealkylation sites (tertiary alicyclic amines) is 1. The van der Waals surface area contributed by atoms with Crippen molar-refractivity contribution in [1.29, 1.82) is 0 Å². The van der Waals surface area contributed by atoms with Crippen LogP contribution in [0, 0.1) is 0 Å². The number of rotatable bonds is 1. The Morgan fingerprint density at radius 1 is 1.37 bits per heavy atom. The van der Waals surface area contributed by atoms with Gasteiger partial charge >= 0.3 is 0 Å². The Hall–Kier alpha value is -1.06. The fraction of sp³-hybridized carbons (Fsp3) is 0.625. The van der Waals surface area contributed by atoms with Crippen LogP contribution in [0.5, 0.6) is 5.75 Å². The molecule has 3 nitrogen and oxygen atoms in total. The van der Waals surface area contributed by atoms with E-state index in [-0.39, 0.29) is 17.7 Å². The summed E-state index contributed by atoms with van der Waals surface area (Å²) < 4.78 is 6.19. The number of nitrogens with two attached hydrogens (primary N) is 1. The van der Waals surface area contributed by atoms with Crippen LogP contribution in [0.15, 0.2) is 18.2 Å². The normalized spacial score (nSPS) is 29.9. The monoisotopic (exact) mass is 260 g/mol. The van der Waals surface area contributed by atoms with Gasteiger partial charge in [0.05, 0.1) is 6.04 Å². The van der Waals surface area contributed by atoms with E-state index in [0.29, 0.717) is 0 Å². The first-order valence-corrected chi connectivity index (χ1v) is 7.24. The molecule has 0 spiro atoms. The van der Waals surface area contributed by atoms with Gasteiger partial charge in [0.25, 0.3) is 0 Å². The predicted octanol–water partition coefficient (Wildman–Crippen LogP) is 2.49. The fourth-order valence-electron chi connectivity index (χ4n) is 3.54. The van der Waals surface area contributed by atoms with Crippen LogP contribution in [0.2, 0.25) is 0 Å². The summed E-state index contributed by atoms with van der Waals surface area (Å²) >= 11 is 0. The molecule has 2 unspecified atom stereocenters. The molecule has 1 saturated heterocycles. The van der Waals surface area contributed by atoms with Gasteiger partial charge in [0.2, 0.25) is 0 Å². The highest BCUT2D eigenvalue weighted by Gasteiger charge is 2.36. The minimum Gasteiger partial charge on any atom is -0.487 e. The average Bonchev–Trinajstić information content (AvgIpc) is 2.63. The highest BCUT2D eigenvalue weighted by molar-refractivity contribution is 5.47. The van der Waals surface area contributed by atoms with E-state index in [9.17, 15) is 0 Å². The molecule has 0 aliphatic carbocycles. The molecule has 2 heterocycles. The van der Waals surface area contributed by atoms with Gasteiger partial charge in [0.15, 0.2) is 0 Å². The second-order valence-electron chi connectivity index (χ2n) is 6.61. The van der Waals surface area contributed by atoms with Crippen molar-refractivity contribution < 1.29 is 4.74 Å². The first-order chi connectivity index (χ1) is 8.98. The number of likely N-dealkylation sites (N-methyl/N-ethyl adjacent to an activating group) is 1. The molecular formula is C16H24N2O. The molecule has 2 aliphatic heterocycles. The van der Waals surface area contributed by atoms with E-state index >= 15 is 0 Å². The fourth-order valence-corrected chi connectivity index (χ4v) is 3.54. The van der Waals surface area contributed by atoms with Gasteiger partial charge in [-0.15, -0.1) is 0 Å². The number of nitrogens with zero attached hydrogens (tertiary/aromatic N) is 1. The zero-order valence-corrected chi connectivity index (χ0v) is 12.1. The summed E-state index contributed by atoms with van der Waals surface area (Å²) in [5, 5.41) is 0. The minimum atomic E-state index is -0.0875. The molecule has 3 heteroatoms. The number of fused-ring (bicyclic) bond motifs is 1. The van der Waals surface area contributed by atoms with Crippen LogP contribution in [0.1, 0.15) is 43.9 Å². The highest BCUT2D eigenvalue weighted by Crippen LogP contribution is 2.43. The molecule has 2 atom stereocenters. The molecule has 0 saturated carbocycles. The molecule has 2 aliphatic rings. The summed E-state index contributed by atoms with van der Waals surface area (Å²) in [6.07, 6.45) is 3.28. The number of hydrogen-bond acceptors (Lipinski definition) is 3. The Kier molecular flexibility index (Phi) is 3.06. The van der Waals surface area contributed by atoms with Gasteiger partial charge in [-0.3, -0.25) is 4.90 Å². The molecule has 19 heavy (non-hydrogen) atoms. The molecule has 1 fully saturated rings. The lowest BCUT2D eigenvalue weighted by atomic mass is 9.89. The molecule has 3 rings (SSSR count). The molecule has 0 radical (unpaired) electrons. The van der Waals surface area contributed by atoms with Gasteiger partial charge in [0, 0.05) is 18.0 Å². The van der Waals surface area contributed by atoms with Crippen LogP contribution in [0.25, 0.3) is 0 Å². The largest absolute Gasteiger partial charge is 0.487 e. The molecule has 1 aromatic carbocycles. The summed E-state index contributed by atoms with van der Waals surface area (Å²) in [5.74, 6) is 1.08. The minimum absolute atomic E-state index is 0.0875. The summed E-state index contributed by atoms with van der Waals surface area (Å²) in [4.78, 5) is 2.37. The third-order valence-corrected chi connectivity index (χ3v) is 4.37. The lowest BCUT2D eigenvalue weighted by Gasteiger charge is -2.38. The van der Waals surface area contributed by atoms with Crippen LogP contribution in [0.3, 0.4) is 0 Å². The molecule has 0 aromatic heterocycles. The van der Waals surface area contributed by atoms with Crippen LogP contribution in [-0.4, -0.2) is 30.1 Å². The van der Waals surface area contributed by atoms with Gasteiger partial charge < -0.3 is 10.5 Å². The number of para-hydroxylation sites is 1. The molecule has 1 aromatic rings. The van der Waals surface area contributed by atoms with E-state index < -0.39 is 0 Å². The van der Waals surface area contributed by atoms with Crippen molar-refractivity contribution in [3.8, 4) is 5.75 Å². The third-order valence-electron chi connectivity index (χ3n) is 4.37. The van der Waals surface area contributed by atoms with Crippen molar-refractivity contribution in [1.82, 2.24) is 4.90 Å². The number of hydrogen-bond donors (Lipinski definition) is 1. The summed E-state index contributed by atoms with van der Waals surface area (Å²) in [7, 11) is 2.17. The van der Waals surface area contributed by atoms with E-state index in [1.807, 2.05) is 0 Å². The van der Waals surface area contributed by atoms with Crippen molar-refractivity contribution >= 4 is 0 Å². The van der Waals surface area contributed by atoms with Gasteiger partial charge in [-0.25, -0.2) is 0 Å².